The minimum atomic E-state index is -1.45. The average Bonchev–Trinajstić information content (AvgIpc) is 1.21. The van der Waals surface area contributed by atoms with Crippen molar-refractivity contribution < 1.29 is 4.43 Å². The molecule has 0 aliphatic rings. The molecule has 3 heteroatoms. The highest BCUT2D eigenvalue weighted by molar-refractivity contribution is 6.70. The zero-order valence-electron chi connectivity index (χ0n) is 5.49. The zero-order valence-corrected chi connectivity index (χ0v) is 7.25. The Morgan fingerprint density at radius 1 is 1.50 bits per heavy atom. The fourth-order valence-electron chi connectivity index (χ4n) is 0.332. The predicted octanol–water partition coefficient (Wildman–Crippen LogP) is 2.55. The van der Waals surface area contributed by atoms with Crippen LogP contribution < -0.4 is 0 Å². The summed E-state index contributed by atoms with van der Waals surface area (Å²) in [6, 6.07) is 0. The molecule has 0 aliphatic carbocycles. The molecule has 8 heavy (non-hydrogen) atoms. The minimum absolute atomic E-state index is 0.309. The van der Waals surface area contributed by atoms with E-state index in [0.29, 0.717) is 5.22 Å². The molecule has 0 saturated heterocycles. The minimum Gasteiger partial charge on any atom is -0.537 e. The maximum absolute atomic E-state index is 5.38. The Balaban J connectivity index is 3.55. The second-order valence-corrected chi connectivity index (χ2v) is 7.42. The molecule has 0 radical (unpaired) electrons. The molecule has 0 saturated carbocycles. The van der Waals surface area contributed by atoms with E-state index >= 15 is 0 Å². The van der Waals surface area contributed by atoms with Crippen LogP contribution in [-0.4, -0.2) is 8.32 Å². The van der Waals surface area contributed by atoms with Gasteiger partial charge in [-0.2, -0.15) is 0 Å². The molecule has 0 N–H and O–H groups in total. The maximum Gasteiger partial charge on any atom is 0.243 e. The van der Waals surface area contributed by atoms with E-state index in [9.17, 15) is 0 Å². The van der Waals surface area contributed by atoms with Crippen LogP contribution in [0.4, 0.5) is 0 Å². The molecule has 0 unspecified atom stereocenters. The first-order valence-corrected chi connectivity index (χ1v) is 6.24. The Morgan fingerprint density at radius 2 is 1.88 bits per heavy atom. The Bertz CT molecular complexity index is 95.1. The van der Waals surface area contributed by atoms with Gasteiger partial charge in [0.1, 0.15) is 0 Å². The third-order valence-electron chi connectivity index (χ3n) is 0.417. The van der Waals surface area contributed by atoms with Gasteiger partial charge >= 0.3 is 0 Å². The van der Waals surface area contributed by atoms with Crippen molar-refractivity contribution in [3.63, 3.8) is 0 Å². The van der Waals surface area contributed by atoms with Gasteiger partial charge in [-0.3, -0.25) is 0 Å². The van der Waals surface area contributed by atoms with Crippen LogP contribution in [0, 0.1) is 0 Å². The van der Waals surface area contributed by atoms with E-state index in [1.807, 2.05) is 0 Å². The summed E-state index contributed by atoms with van der Waals surface area (Å²) in [5.41, 5.74) is 0. The Hall–Kier alpha value is 0.0469. The van der Waals surface area contributed by atoms with E-state index in [1.54, 1.807) is 0 Å². The van der Waals surface area contributed by atoms with Crippen molar-refractivity contribution in [2.75, 3.05) is 0 Å². The Morgan fingerprint density at radius 3 is 1.88 bits per heavy atom. The summed E-state index contributed by atoms with van der Waals surface area (Å²) in [7, 11) is -1.45. The van der Waals surface area contributed by atoms with Crippen molar-refractivity contribution >= 4 is 19.9 Å². The van der Waals surface area contributed by atoms with Crippen molar-refractivity contribution in [3.8, 4) is 0 Å². The predicted molar refractivity (Wildman–Crippen MR) is 39.4 cm³/mol. The molecule has 48 valence electrons. The van der Waals surface area contributed by atoms with Gasteiger partial charge in [0.25, 0.3) is 0 Å². The summed E-state index contributed by atoms with van der Waals surface area (Å²) in [6.07, 6.45) is 0. The molecule has 0 atom stereocenters. The smallest absolute Gasteiger partial charge is 0.243 e. The summed E-state index contributed by atoms with van der Waals surface area (Å²) < 4.78 is 5.15. The van der Waals surface area contributed by atoms with Crippen molar-refractivity contribution in [2.24, 2.45) is 0 Å². The number of hydrogen-bond acceptors (Lipinski definition) is 1. The lowest BCUT2D eigenvalue weighted by atomic mass is 11.2. The first kappa shape index (κ1) is 8.05. The van der Waals surface area contributed by atoms with Gasteiger partial charge in [0.2, 0.25) is 8.32 Å². The molecule has 0 rings (SSSR count). The van der Waals surface area contributed by atoms with Crippen LogP contribution in [0.25, 0.3) is 0 Å². The van der Waals surface area contributed by atoms with Crippen molar-refractivity contribution in [1.29, 1.82) is 0 Å². The number of halogens is 1. The molecule has 0 aromatic rings. The second kappa shape index (κ2) is 2.55. The van der Waals surface area contributed by atoms with Crippen LogP contribution in [0.2, 0.25) is 19.6 Å². The highest BCUT2D eigenvalue weighted by Gasteiger charge is 2.15. The largest absolute Gasteiger partial charge is 0.537 e. The maximum atomic E-state index is 5.38. The fourth-order valence-corrected chi connectivity index (χ4v) is 1.69. The third-order valence-corrected chi connectivity index (χ3v) is 1.48. The summed E-state index contributed by atoms with van der Waals surface area (Å²) in [5, 5.41) is 0.309. The lowest BCUT2D eigenvalue weighted by Crippen LogP contribution is -2.23. The molecule has 0 aliphatic heterocycles. The van der Waals surface area contributed by atoms with Crippen LogP contribution in [-0.2, 0) is 4.43 Å². The number of hydrogen-bond donors (Lipinski definition) is 0. The van der Waals surface area contributed by atoms with E-state index in [2.05, 4.69) is 26.2 Å². The molecule has 0 fully saturated rings. The molecule has 0 amide bonds. The Labute approximate surface area is 56.4 Å². The van der Waals surface area contributed by atoms with Crippen molar-refractivity contribution in [3.05, 3.63) is 11.8 Å². The molecule has 0 heterocycles. The Kier molecular flexibility index (Phi) is 2.57. The highest BCUT2D eigenvalue weighted by Crippen LogP contribution is 2.10. The van der Waals surface area contributed by atoms with E-state index in [4.69, 9.17) is 16.0 Å². The van der Waals surface area contributed by atoms with Gasteiger partial charge in [0.05, 0.1) is 0 Å². The van der Waals surface area contributed by atoms with Crippen molar-refractivity contribution in [2.45, 2.75) is 19.6 Å². The van der Waals surface area contributed by atoms with E-state index in [-0.39, 0.29) is 0 Å². The van der Waals surface area contributed by atoms with E-state index in [1.165, 1.54) is 0 Å². The fraction of sp³-hybridized carbons (Fsp3) is 0.600. The molecule has 0 bridgehead atoms. The van der Waals surface area contributed by atoms with Gasteiger partial charge in [-0.05, 0) is 37.8 Å². The normalized spacial score (nSPS) is 11.0. The molecule has 0 aromatic carbocycles. The molecular formula is C5H11ClOSi. The van der Waals surface area contributed by atoms with Gasteiger partial charge in [0.15, 0.2) is 5.22 Å². The van der Waals surface area contributed by atoms with Crippen LogP contribution in [0.15, 0.2) is 11.8 Å². The molecule has 0 aromatic heterocycles. The van der Waals surface area contributed by atoms with Gasteiger partial charge in [0, 0.05) is 0 Å². The van der Waals surface area contributed by atoms with Gasteiger partial charge in [-0.25, -0.2) is 0 Å². The van der Waals surface area contributed by atoms with Crippen LogP contribution >= 0.6 is 11.6 Å². The standard InChI is InChI=1S/C5H11ClOSi/c1-5(6)7-8(2,3)4/h1H2,2-4H3. The monoisotopic (exact) mass is 150 g/mol. The summed E-state index contributed by atoms with van der Waals surface area (Å²) in [6.45, 7) is 9.59. The second-order valence-electron chi connectivity index (χ2n) is 2.57. The average molecular weight is 151 g/mol. The highest BCUT2D eigenvalue weighted by atomic mass is 35.5. The lowest BCUT2D eigenvalue weighted by molar-refractivity contribution is 0.462. The first-order chi connectivity index (χ1) is 3.42. The molecule has 1 nitrogen and oxygen atoms in total. The molecular weight excluding hydrogens is 140 g/mol. The zero-order chi connectivity index (χ0) is 6.78. The topological polar surface area (TPSA) is 9.23 Å². The summed E-state index contributed by atoms with van der Waals surface area (Å²) in [4.78, 5) is 0. The van der Waals surface area contributed by atoms with Crippen molar-refractivity contribution in [1.82, 2.24) is 0 Å². The summed E-state index contributed by atoms with van der Waals surface area (Å²) in [5.74, 6) is 0. The summed E-state index contributed by atoms with van der Waals surface area (Å²) >= 11 is 5.38. The molecule has 0 spiro atoms. The van der Waals surface area contributed by atoms with Crippen LogP contribution in [0.1, 0.15) is 0 Å². The lowest BCUT2D eigenvalue weighted by Gasteiger charge is -2.16. The first-order valence-electron chi connectivity index (χ1n) is 2.45. The number of rotatable bonds is 2. The quantitative estimate of drug-likeness (QED) is 0.434. The van der Waals surface area contributed by atoms with Gasteiger partial charge in [-0.15, -0.1) is 0 Å². The van der Waals surface area contributed by atoms with E-state index in [0.717, 1.165) is 0 Å². The van der Waals surface area contributed by atoms with Gasteiger partial charge < -0.3 is 4.43 Å². The van der Waals surface area contributed by atoms with Crippen LogP contribution in [0.3, 0.4) is 0 Å². The third kappa shape index (κ3) is 6.05. The SMILES string of the molecule is C=C(Cl)O[Si](C)(C)C. The van der Waals surface area contributed by atoms with Crippen LogP contribution in [0.5, 0.6) is 0 Å². The van der Waals surface area contributed by atoms with Gasteiger partial charge in [-0.1, -0.05) is 0 Å². The van der Waals surface area contributed by atoms with E-state index < -0.39 is 8.32 Å².